The van der Waals surface area contributed by atoms with Gasteiger partial charge in [-0.25, -0.2) is 4.98 Å². The lowest BCUT2D eigenvalue weighted by Crippen LogP contribution is -2.26. The van der Waals surface area contributed by atoms with Crippen molar-refractivity contribution in [1.82, 2.24) is 24.3 Å². The number of halogens is 1. The number of hydrogen-bond acceptors (Lipinski definition) is 4. The quantitative estimate of drug-likeness (QED) is 0.682. The summed E-state index contributed by atoms with van der Waals surface area (Å²) in [5, 5.41) is 8.37. The van der Waals surface area contributed by atoms with E-state index in [0.717, 1.165) is 0 Å². The Balaban J connectivity index is 2.21. The monoisotopic (exact) mass is 289 g/mol. The molecular weight excluding hydrogens is 278 g/mol. The molecule has 2 aromatic heterocycles. The molecule has 3 aromatic rings. The van der Waals surface area contributed by atoms with Crippen LogP contribution in [0.5, 0.6) is 0 Å². The molecule has 102 valence electrons. The van der Waals surface area contributed by atoms with Crippen molar-refractivity contribution >= 4 is 22.5 Å². The molecule has 0 aliphatic heterocycles. The molecule has 2 heterocycles. The Morgan fingerprint density at radius 1 is 1.25 bits per heavy atom. The van der Waals surface area contributed by atoms with Gasteiger partial charge in [-0.1, -0.05) is 12.1 Å². The molecule has 0 N–H and O–H groups in total. The largest absolute Gasteiger partial charge is 0.319 e. The van der Waals surface area contributed by atoms with Gasteiger partial charge in [-0.2, -0.15) is 0 Å². The highest BCUT2D eigenvalue weighted by Gasteiger charge is 2.12. The van der Waals surface area contributed by atoms with Crippen LogP contribution in [0.25, 0.3) is 10.9 Å². The normalized spacial score (nSPS) is 11.1. The van der Waals surface area contributed by atoms with Crippen LogP contribution in [0, 0.1) is 0 Å². The molecule has 1 aromatic carbocycles. The number of rotatable bonds is 3. The molecule has 7 heteroatoms. The van der Waals surface area contributed by atoms with Crippen LogP contribution in [-0.2, 0) is 19.5 Å². The maximum atomic E-state index is 12.6. The maximum Gasteiger partial charge on any atom is 0.261 e. The summed E-state index contributed by atoms with van der Waals surface area (Å²) in [5.41, 5.74) is 0.539. The Labute approximate surface area is 119 Å². The van der Waals surface area contributed by atoms with Crippen LogP contribution in [0.4, 0.5) is 0 Å². The van der Waals surface area contributed by atoms with Gasteiger partial charge >= 0.3 is 0 Å². The van der Waals surface area contributed by atoms with Gasteiger partial charge in [-0.3, -0.25) is 9.36 Å². The fraction of sp³-hybridized carbons (Fsp3) is 0.231. The second-order valence-electron chi connectivity index (χ2n) is 4.43. The summed E-state index contributed by atoms with van der Waals surface area (Å²) in [7, 11) is 1.83. The van der Waals surface area contributed by atoms with Crippen molar-refractivity contribution in [3.8, 4) is 0 Å². The molecule has 0 radical (unpaired) electrons. The van der Waals surface area contributed by atoms with Gasteiger partial charge in [-0.15, -0.1) is 21.8 Å². The molecule has 0 unspecified atom stereocenters. The van der Waals surface area contributed by atoms with Gasteiger partial charge in [0.1, 0.15) is 12.2 Å². The average Bonchev–Trinajstić information content (AvgIpc) is 2.87. The van der Waals surface area contributed by atoms with E-state index in [1.165, 1.54) is 0 Å². The van der Waals surface area contributed by atoms with Gasteiger partial charge in [0.15, 0.2) is 5.82 Å². The minimum Gasteiger partial charge on any atom is -0.319 e. The maximum absolute atomic E-state index is 12.6. The molecule has 6 nitrogen and oxygen atoms in total. The van der Waals surface area contributed by atoms with E-state index < -0.39 is 0 Å². The predicted molar refractivity (Wildman–Crippen MR) is 75.7 cm³/mol. The Hall–Kier alpha value is -2.21. The third-order valence-corrected chi connectivity index (χ3v) is 3.40. The van der Waals surface area contributed by atoms with E-state index in [1.807, 2.05) is 19.2 Å². The van der Waals surface area contributed by atoms with E-state index in [0.29, 0.717) is 29.1 Å². The molecule has 0 saturated carbocycles. The van der Waals surface area contributed by atoms with Gasteiger partial charge < -0.3 is 4.57 Å². The van der Waals surface area contributed by atoms with Crippen LogP contribution >= 0.6 is 11.6 Å². The molecule has 0 bridgehead atoms. The second kappa shape index (κ2) is 5.05. The topological polar surface area (TPSA) is 65.6 Å². The highest BCUT2D eigenvalue weighted by Crippen LogP contribution is 2.10. The van der Waals surface area contributed by atoms with Crippen molar-refractivity contribution < 1.29 is 0 Å². The number of benzene rings is 1. The zero-order chi connectivity index (χ0) is 14.1. The van der Waals surface area contributed by atoms with Crippen molar-refractivity contribution in [3.63, 3.8) is 0 Å². The molecule has 0 saturated heterocycles. The molecule has 0 atom stereocenters. The summed E-state index contributed by atoms with van der Waals surface area (Å²) in [6.45, 7) is 0.301. The molecule has 0 amide bonds. The lowest BCUT2D eigenvalue weighted by Gasteiger charge is -2.11. The number of nitrogens with zero attached hydrogens (tertiary/aromatic N) is 5. The highest BCUT2D eigenvalue weighted by atomic mass is 35.5. The molecule has 0 fully saturated rings. The minimum absolute atomic E-state index is 0.116. The molecule has 20 heavy (non-hydrogen) atoms. The standard InChI is InChI=1S/C13H12ClN5O/c1-18-8-15-17-12(18)7-19-11(6-14)16-10-5-3-2-4-9(10)13(19)20/h2-5,8H,6-7H2,1H3. The van der Waals surface area contributed by atoms with Gasteiger partial charge in [0.2, 0.25) is 0 Å². The zero-order valence-corrected chi connectivity index (χ0v) is 11.6. The third-order valence-electron chi connectivity index (χ3n) is 3.16. The minimum atomic E-state index is -0.116. The Bertz CT molecular complexity index is 823. The van der Waals surface area contributed by atoms with Crippen LogP contribution < -0.4 is 5.56 Å². The van der Waals surface area contributed by atoms with Gasteiger partial charge in [0.25, 0.3) is 5.56 Å². The summed E-state index contributed by atoms with van der Waals surface area (Å²) in [5.74, 6) is 1.37. The number of aryl methyl sites for hydroxylation is 1. The molecule has 0 aliphatic carbocycles. The fourth-order valence-corrected chi connectivity index (χ4v) is 2.27. The van der Waals surface area contributed by atoms with Crippen molar-refractivity contribution in [2.75, 3.05) is 0 Å². The fourth-order valence-electron chi connectivity index (χ4n) is 2.07. The van der Waals surface area contributed by atoms with Crippen LogP contribution in [0.3, 0.4) is 0 Å². The van der Waals surface area contributed by atoms with E-state index >= 15 is 0 Å². The van der Waals surface area contributed by atoms with Crippen molar-refractivity contribution in [3.05, 3.63) is 52.6 Å². The van der Waals surface area contributed by atoms with Crippen LogP contribution in [-0.4, -0.2) is 24.3 Å². The third kappa shape index (κ3) is 2.08. The van der Waals surface area contributed by atoms with Gasteiger partial charge in [0.05, 0.1) is 23.3 Å². The lowest BCUT2D eigenvalue weighted by atomic mass is 10.2. The number of alkyl halides is 1. The second-order valence-corrected chi connectivity index (χ2v) is 4.70. The van der Waals surface area contributed by atoms with Crippen molar-refractivity contribution in [2.45, 2.75) is 12.4 Å². The first kappa shape index (κ1) is 12.8. The summed E-state index contributed by atoms with van der Waals surface area (Å²) in [6, 6.07) is 7.23. The van der Waals surface area contributed by atoms with Crippen molar-refractivity contribution in [2.24, 2.45) is 7.05 Å². The first-order valence-corrected chi connectivity index (χ1v) is 6.61. The summed E-state index contributed by atoms with van der Waals surface area (Å²) >= 11 is 5.92. The van der Waals surface area contributed by atoms with Crippen LogP contribution in [0.1, 0.15) is 11.6 Å². The van der Waals surface area contributed by atoms with Crippen LogP contribution in [0.15, 0.2) is 35.4 Å². The average molecular weight is 290 g/mol. The molecule has 0 aliphatic rings. The summed E-state index contributed by atoms with van der Waals surface area (Å²) < 4.78 is 3.30. The summed E-state index contributed by atoms with van der Waals surface area (Å²) in [6.07, 6.45) is 1.59. The number of hydrogen-bond donors (Lipinski definition) is 0. The van der Waals surface area contributed by atoms with Crippen molar-refractivity contribution in [1.29, 1.82) is 0 Å². The summed E-state index contributed by atoms with van der Waals surface area (Å²) in [4.78, 5) is 17.0. The van der Waals surface area contributed by atoms with E-state index in [2.05, 4.69) is 15.2 Å². The molecule has 0 spiro atoms. The van der Waals surface area contributed by atoms with E-state index in [-0.39, 0.29) is 11.4 Å². The number of aromatic nitrogens is 5. The number of fused-ring (bicyclic) bond motifs is 1. The Morgan fingerprint density at radius 2 is 2.05 bits per heavy atom. The SMILES string of the molecule is Cn1cnnc1Cn1c(CCl)nc2ccccc2c1=O. The first-order valence-electron chi connectivity index (χ1n) is 6.08. The van der Waals surface area contributed by atoms with E-state index in [4.69, 9.17) is 11.6 Å². The smallest absolute Gasteiger partial charge is 0.261 e. The van der Waals surface area contributed by atoms with Gasteiger partial charge in [0, 0.05) is 7.05 Å². The first-order chi connectivity index (χ1) is 9.70. The Kier molecular flexibility index (Phi) is 3.23. The lowest BCUT2D eigenvalue weighted by molar-refractivity contribution is 0.646. The van der Waals surface area contributed by atoms with Crippen LogP contribution in [0.2, 0.25) is 0 Å². The zero-order valence-electron chi connectivity index (χ0n) is 10.8. The predicted octanol–water partition coefficient (Wildman–Crippen LogP) is 1.31. The van der Waals surface area contributed by atoms with E-state index in [1.54, 1.807) is 27.6 Å². The van der Waals surface area contributed by atoms with E-state index in [9.17, 15) is 4.79 Å². The molecular formula is C13H12ClN5O. The Morgan fingerprint density at radius 3 is 2.75 bits per heavy atom. The van der Waals surface area contributed by atoms with Gasteiger partial charge in [-0.05, 0) is 12.1 Å². The molecule has 3 rings (SSSR count). The number of para-hydroxylation sites is 1. The highest BCUT2D eigenvalue weighted by molar-refractivity contribution is 6.16.